The normalized spacial score (nSPS) is 14.5. The number of ether oxygens (including phenoxy) is 4. The maximum absolute atomic E-state index is 13.1. The van der Waals surface area contributed by atoms with Crippen molar-refractivity contribution >= 4 is 39.5 Å². The lowest BCUT2D eigenvalue weighted by Crippen LogP contribution is -2.30. The van der Waals surface area contributed by atoms with Crippen LogP contribution in [0.15, 0.2) is 0 Å². The molecule has 0 aromatic carbocycles. The van der Waals surface area contributed by atoms with Gasteiger partial charge in [0.1, 0.15) is 19.3 Å². The first-order chi connectivity index (χ1) is 44.6. The Hall–Kier alpha value is -1.94. The van der Waals surface area contributed by atoms with Crippen LogP contribution in [0.25, 0.3) is 0 Å². The summed E-state index contributed by atoms with van der Waals surface area (Å²) in [7, 11) is -9.91. The van der Waals surface area contributed by atoms with Crippen molar-refractivity contribution in [1.29, 1.82) is 0 Å². The first kappa shape index (κ1) is 91.1. The molecule has 0 aliphatic heterocycles. The molecule has 0 fully saturated rings. The van der Waals surface area contributed by atoms with E-state index in [2.05, 4.69) is 55.4 Å². The highest BCUT2D eigenvalue weighted by Gasteiger charge is 2.30. The van der Waals surface area contributed by atoms with Gasteiger partial charge in [-0.25, -0.2) is 9.13 Å². The minimum Gasteiger partial charge on any atom is -0.462 e. The summed E-state index contributed by atoms with van der Waals surface area (Å²) in [6.45, 7) is 14.1. The van der Waals surface area contributed by atoms with Crippen molar-refractivity contribution in [1.82, 2.24) is 0 Å². The quantitative estimate of drug-likeness (QED) is 0.0222. The number of esters is 4. The predicted molar refractivity (Wildman–Crippen MR) is 377 cm³/mol. The summed E-state index contributed by atoms with van der Waals surface area (Å²) >= 11 is 0. The maximum atomic E-state index is 13.1. The Labute approximate surface area is 568 Å². The summed E-state index contributed by atoms with van der Waals surface area (Å²) in [4.78, 5) is 72.7. The summed E-state index contributed by atoms with van der Waals surface area (Å²) in [5, 5.41) is 10.6. The van der Waals surface area contributed by atoms with Crippen molar-refractivity contribution in [3.63, 3.8) is 0 Å². The molecule has 19 heteroatoms. The summed E-state index contributed by atoms with van der Waals surface area (Å²) in [5.74, 6) is 0.889. The minimum atomic E-state index is -4.96. The Morgan fingerprint density at radius 3 is 0.763 bits per heavy atom. The topological polar surface area (TPSA) is 237 Å². The molecular weight excluding hydrogens is 1220 g/mol. The number of unbranched alkanes of at least 4 members (excludes halogenated alkanes) is 36. The molecule has 0 aromatic rings. The van der Waals surface area contributed by atoms with Crippen LogP contribution in [0.5, 0.6) is 0 Å². The fraction of sp³-hybridized carbons (Fsp3) is 0.946. The number of aliphatic hydroxyl groups excluding tert-OH is 1. The molecule has 0 aromatic heterocycles. The number of carbonyl (C=O) groups is 4. The fourth-order valence-corrected chi connectivity index (χ4v) is 12.7. The molecule has 3 N–H and O–H groups in total. The summed E-state index contributed by atoms with van der Waals surface area (Å²) in [6.07, 6.45) is 47.4. The Morgan fingerprint density at radius 1 is 0.301 bits per heavy atom. The highest BCUT2D eigenvalue weighted by molar-refractivity contribution is 7.47. The zero-order chi connectivity index (χ0) is 68.9. The molecule has 0 aliphatic rings. The van der Waals surface area contributed by atoms with Crippen LogP contribution in [-0.2, 0) is 65.4 Å². The van der Waals surface area contributed by atoms with Crippen LogP contribution in [0.4, 0.5) is 0 Å². The van der Waals surface area contributed by atoms with Gasteiger partial charge in [0.2, 0.25) is 0 Å². The van der Waals surface area contributed by atoms with Crippen LogP contribution in [0.1, 0.15) is 370 Å². The number of rotatable bonds is 71. The average molecular weight is 1370 g/mol. The molecule has 0 radical (unpaired) electrons. The Balaban J connectivity index is 5.21. The smallest absolute Gasteiger partial charge is 0.462 e. The average Bonchev–Trinajstić information content (AvgIpc) is 2.49. The lowest BCUT2D eigenvalue weighted by molar-refractivity contribution is -0.161. The van der Waals surface area contributed by atoms with E-state index < -0.39 is 97.5 Å². The molecule has 0 spiro atoms. The lowest BCUT2D eigenvalue weighted by Gasteiger charge is -2.21. The highest BCUT2D eigenvalue weighted by atomic mass is 31.2. The molecular formula is C74H144O17P2. The number of phosphoric acid groups is 2. The third-order valence-corrected chi connectivity index (χ3v) is 19.3. The third kappa shape index (κ3) is 67.0. The minimum absolute atomic E-state index is 0.102. The molecule has 6 atom stereocenters. The van der Waals surface area contributed by atoms with Gasteiger partial charge in [0.25, 0.3) is 0 Å². The van der Waals surface area contributed by atoms with E-state index in [0.29, 0.717) is 37.5 Å². The van der Waals surface area contributed by atoms with Crippen LogP contribution < -0.4 is 0 Å². The zero-order valence-corrected chi connectivity index (χ0v) is 62.7. The highest BCUT2D eigenvalue weighted by Crippen LogP contribution is 2.45. The van der Waals surface area contributed by atoms with Crippen LogP contribution in [0.2, 0.25) is 0 Å². The van der Waals surface area contributed by atoms with Gasteiger partial charge in [-0.2, -0.15) is 0 Å². The fourth-order valence-electron chi connectivity index (χ4n) is 11.2. The second-order valence-electron chi connectivity index (χ2n) is 28.4. The molecule has 0 saturated heterocycles. The summed E-state index contributed by atoms with van der Waals surface area (Å²) in [5.41, 5.74) is 0. The maximum Gasteiger partial charge on any atom is 0.472 e. The number of hydrogen-bond acceptors (Lipinski definition) is 15. The van der Waals surface area contributed by atoms with E-state index in [-0.39, 0.29) is 25.7 Å². The van der Waals surface area contributed by atoms with Gasteiger partial charge in [-0.1, -0.05) is 319 Å². The molecule has 0 aliphatic carbocycles. The van der Waals surface area contributed by atoms with Crippen molar-refractivity contribution in [3.8, 4) is 0 Å². The van der Waals surface area contributed by atoms with Crippen LogP contribution in [0.3, 0.4) is 0 Å². The Kier molecular flexibility index (Phi) is 62.2. The zero-order valence-electron chi connectivity index (χ0n) is 60.9. The van der Waals surface area contributed by atoms with Crippen molar-refractivity contribution in [3.05, 3.63) is 0 Å². The molecule has 0 amide bonds. The molecule has 0 heterocycles. The molecule has 93 heavy (non-hydrogen) atoms. The molecule has 552 valence electrons. The molecule has 0 rings (SSSR count). The van der Waals surface area contributed by atoms with Crippen LogP contribution in [-0.4, -0.2) is 96.7 Å². The van der Waals surface area contributed by atoms with Gasteiger partial charge in [-0.15, -0.1) is 0 Å². The standard InChI is InChI=1S/C74H144O17P2/c1-9-67(8)53-45-37-29-21-18-19-23-31-40-48-56-73(78)90-69(60-84-71(76)54-46-38-30-22-17-15-13-11-10-12-14-16-20-26-34-42-50-64(2)3)62-88-92(80,81)86-58-68(75)59-87-93(82,83)89-63-70(91-74(79)57-49-41-33-25-28-36-44-52-66(6)7)61-85-72(77)55-47-39-32-24-27-35-43-51-65(4)5/h64-70,75H,9-63H2,1-8H3,(H,80,81)(H,82,83)/t67?,68?,69-,70-/m1/s1. The summed E-state index contributed by atoms with van der Waals surface area (Å²) in [6, 6.07) is 0. The second-order valence-corrected chi connectivity index (χ2v) is 31.3. The van der Waals surface area contributed by atoms with E-state index in [1.807, 2.05) is 0 Å². The van der Waals surface area contributed by atoms with E-state index in [4.69, 9.17) is 37.0 Å². The van der Waals surface area contributed by atoms with Gasteiger partial charge in [0, 0.05) is 25.7 Å². The monoisotopic (exact) mass is 1370 g/mol. The SMILES string of the molecule is CCC(C)CCCCCCCCCCCCC(=O)O[C@H](COC(=O)CCCCCCCCCCCCCCCCCCC(C)C)COP(=O)(O)OCC(O)COP(=O)(O)OC[C@@H](COC(=O)CCCCCCCCCC(C)C)OC(=O)CCCCCCCCCC(C)C. The van der Waals surface area contributed by atoms with Gasteiger partial charge in [0.05, 0.1) is 26.4 Å². The largest absolute Gasteiger partial charge is 0.472 e. The van der Waals surface area contributed by atoms with E-state index in [0.717, 1.165) is 108 Å². The number of hydrogen-bond donors (Lipinski definition) is 3. The Morgan fingerprint density at radius 2 is 0.516 bits per heavy atom. The van der Waals surface area contributed by atoms with E-state index in [1.165, 1.54) is 167 Å². The van der Waals surface area contributed by atoms with Crippen molar-refractivity contribution < 1.29 is 80.2 Å². The van der Waals surface area contributed by atoms with Crippen molar-refractivity contribution in [2.75, 3.05) is 39.6 Å². The van der Waals surface area contributed by atoms with Crippen LogP contribution in [0, 0.1) is 23.7 Å². The number of aliphatic hydroxyl groups is 1. The number of carbonyl (C=O) groups excluding carboxylic acids is 4. The van der Waals surface area contributed by atoms with E-state index in [9.17, 15) is 43.2 Å². The van der Waals surface area contributed by atoms with Gasteiger partial charge < -0.3 is 33.8 Å². The third-order valence-electron chi connectivity index (χ3n) is 17.4. The molecule has 17 nitrogen and oxygen atoms in total. The van der Waals surface area contributed by atoms with E-state index in [1.54, 1.807) is 0 Å². The predicted octanol–water partition coefficient (Wildman–Crippen LogP) is 21.3. The Bertz CT molecular complexity index is 1840. The lowest BCUT2D eigenvalue weighted by atomic mass is 9.99. The van der Waals surface area contributed by atoms with Gasteiger partial charge in [-0.05, 0) is 49.4 Å². The first-order valence-electron chi connectivity index (χ1n) is 38.2. The molecule has 4 unspecified atom stereocenters. The van der Waals surface area contributed by atoms with Crippen molar-refractivity contribution in [2.45, 2.75) is 388 Å². The molecule has 0 bridgehead atoms. The van der Waals surface area contributed by atoms with Gasteiger partial charge in [0.15, 0.2) is 12.2 Å². The number of phosphoric ester groups is 2. The van der Waals surface area contributed by atoms with Gasteiger partial charge in [-0.3, -0.25) is 37.3 Å². The second kappa shape index (κ2) is 63.5. The first-order valence-corrected chi connectivity index (χ1v) is 41.2. The van der Waals surface area contributed by atoms with E-state index >= 15 is 0 Å². The van der Waals surface area contributed by atoms with Gasteiger partial charge >= 0.3 is 39.5 Å². The van der Waals surface area contributed by atoms with Crippen molar-refractivity contribution in [2.24, 2.45) is 23.7 Å². The molecule has 0 saturated carbocycles. The van der Waals surface area contributed by atoms with Crippen LogP contribution >= 0.6 is 15.6 Å². The summed E-state index contributed by atoms with van der Waals surface area (Å²) < 4.78 is 68.4.